The van der Waals surface area contributed by atoms with Crippen molar-refractivity contribution in [3.05, 3.63) is 21.1 Å². The lowest BCUT2D eigenvalue weighted by Gasteiger charge is -2.19. The molecule has 1 heterocycles. The van der Waals surface area contributed by atoms with Gasteiger partial charge in [0.2, 0.25) is 11.1 Å². The lowest BCUT2D eigenvalue weighted by Crippen LogP contribution is -2.26. The highest BCUT2D eigenvalue weighted by Gasteiger charge is 2.30. The second kappa shape index (κ2) is 5.55. The number of aryl methyl sites for hydroxylation is 1. The van der Waals surface area contributed by atoms with Gasteiger partial charge in [0.25, 0.3) is 0 Å². The van der Waals surface area contributed by atoms with Crippen molar-refractivity contribution in [3.8, 4) is 0 Å². The minimum absolute atomic E-state index is 0.00106. The second-order valence-electron chi connectivity index (χ2n) is 3.79. The van der Waals surface area contributed by atoms with Crippen molar-refractivity contribution < 1.29 is 18.1 Å². The molecule has 106 valence electrons. The first-order valence-electron chi connectivity index (χ1n) is 5.08. The topological polar surface area (TPSA) is 72.2 Å². The Labute approximate surface area is 111 Å². The molecule has 10 heteroatoms. The van der Waals surface area contributed by atoms with Gasteiger partial charge in [0.15, 0.2) is 0 Å². The molecule has 1 aromatic rings. The first kappa shape index (κ1) is 15.4. The Hall–Kier alpha value is -1.64. The number of nitro groups is 1. The zero-order valence-corrected chi connectivity index (χ0v) is 10.8. The monoisotopic (exact) mass is 298 g/mol. The van der Waals surface area contributed by atoms with E-state index >= 15 is 0 Å². The molecule has 0 spiro atoms. The van der Waals surface area contributed by atoms with Crippen LogP contribution in [0.3, 0.4) is 0 Å². The molecule has 0 aromatic carbocycles. The average Bonchev–Trinajstić information content (AvgIpc) is 2.22. The van der Waals surface area contributed by atoms with E-state index in [1.807, 2.05) is 0 Å². The molecule has 0 amide bonds. The SMILES string of the molecule is Cc1nc(Cl)nc(N(C)CCC(F)(F)F)c1[N+](=O)[O-]. The third kappa shape index (κ3) is 4.19. The van der Waals surface area contributed by atoms with Crippen LogP contribution in [-0.4, -0.2) is 34.7 Å². The quantitative estimate of drug-likeness (QED) is 0.485. The molecule has 0 N–H and O–H groups in total. The lowest BCUT2D eigenvalue weighted by molar-refractivity contribution is -0.385. The highest BCUT2D eigenvalue weighted by molar-refractivity contribution is 6.28. The summed E-state index contributed by atoms with van der Waals surface area (Å²) in [6, 6.07) is 0. The minimum atomic E-state index is -4.35. The lowest BCUT2D eigenvalue weighted by atomic mass is 10.3. The molecule has 1 rings (SSSR count). The Kier molecular flexibility index (Phi) is 4.51. The van der Waals surface area contributed by atoms with Crippen LogP contribution in [0.1, 0.15) is 12.1 Å². The highest BCUT2D eigenvalue weighted by Crippen LogP contribution is 2.30. The molecule has 0 fully saturated rings. The molecule has 0 radical (unpaired) electrons. The molecule has 0 aliphatic rings. The fraction of sp³-hybridized carbons (Fsp3) is 0.556. The summed E-state index contributed by atoms with van der Waals surface area (Å²) in [4.78, 5) is 18.4. The van der Waals surface area contributed by atoms with Crippen molar-refractivity contribution in [1.82, 2.24) is 9.97 Å². The molecule has 0 aliphatic carbocycles. The van der Waals surface area contributed by atoms with Crippen LogP contribution in [0.25, 0.3) is 0 Å². The minimum Gasteiger partial charge on any atom is -0.353 e. The molecule has 0 aliphatic heterocycles. The maximum absolute atomic E-state index is 12.1. The van der Waals surface area contributed by atoms with Crippen LogP contribution < -0.4 is 4.90 Å². The molecule has 0 atom stereocenters. The predicted molar refractivity (Wildman–Crippen MR) is 62.4 cm³/mol. The summed E-state index contributed by atoms with van der Waals surface area (Å²) in [5.41, 5.74) is -0.451. The van der Waals surface area contributed by atoms with E-state index in [0.29, 0.717) is 0 Å². The number of anilines is 1. The van der Waals surface area contributed by atoms with Crippen molar-refractivity contribution in [3.63, 3.8) is 0 Å². The number of aromatic nitrogens is 2. The summed E-state index contributed by atoms with van der Waals surface area (Å²) in [7, 11) is 1.27. The number of hydrogen-bond donors (Lipinski definition) is 0. The Balaban J connectivity index is 3.08. The summed E-state index contributed by atoms with van der Waals surface area (Å²) < 4.78 is 36.4. The first-order valence-corrected chi connectivity index (χ1v) is 5.46. The summed E-state index contributed by atoms with van der Waals surface area (Å²) in [5.74, 6) is -0.230. The van der Waals surface area contributed by atoms with Gasteiger partial charge in [-0.05, 0) is 18.5 Å². The van der Waals surface area contributed by atoms with E-state index in [4.69, 9.17) is 11.6 Å². The molecule has 19 heavy (non-hydrogen) atoms. The van der Waals surface area contributed by atoms with Crippen molar-refractivity contribution in [2.75, 3.05) is 18.5 Å². The number of halogens is 4. The largest absolute Gasteiger partial charge is 0.390 e. The van der Waals surface area contributed by atoms with Crippen molar-refractivity contribution in [2.24, 2.45) is 0 Å². The fourth-order valence-electron chi connectivity index (χ4n) is 1.40. The van der Waals surface area contributed by atoms with Crippen LogP contribution in [0.5, 0.6) is 0 Å². The highest BCUT2D eigenvalue weighted by atomic mass is 35.5. The van der Waals surface area contributed by atoms with Gasteiger partial charge >= 0.3 is 11.9 Å². The number of nitrogens with zero attached hydrogens (tertiary/aromatic N) is 4. The van der Waals surface area contributed by atoms with E-state index in [0.717, 1.165) is 4.90 Å². The molecule has 0 bridgehead atoms. The molecule has 6 nitrogen and oxygen atoms in total. The van der Waals surface area contributed by atoms with Crippen LogP contribution in [0.2, 0.25) is 5.28 Å². The van der Waals surface area contributed by atoms with E-state index in [1.54, 1.807) is 0 Å². The van der Waals surface area contributed by atoms with Crippen LogP contribution >= 0.6 is 11.6 Å². The molecular weight excluding hydrogens is 289 g/mol. The molecule has 0 saturated heterocycles. The van der Waals surface area contributed by atoms with Gasteiger partial charge in [-0.1, -0.05) is 0 Å². The zero-order chi connectivity index (χ0) is 14.8. The average molecular weight is 299 g/mol. The molecule has 1 aromatic heterocycles. The van der Waals surface area contributed by atoms with Crippen molar-refractivity contribution in [1.29, 1.82) is 0 Å². The summed E-state index contributed by atoms with van der Waals surface area (Å²) in [6.07, 6.45) is -5.46. The van der Waals surface area contributed by atoms with Crippen molar-refractivity contribution in [2.45, 2.75) is 19.5 Å². The van der Waals surface area contributed by atoms with Crippen LogP contribution in [0.15, 0.2) is 0 Å². The van der Waals surface area contributed by atoms with Gasteiger partial charge in [0, 0.05) is 13.6 Å². The summed E-state index contributed by atoms with van der Waals surface area (Å²) in [5, 5.41) is 10.6. The fourth-order valence-corrected chi connectivity index (χ4v) is 1.61. The van der Waals surface area contributed by atoms with Crippen molar-refractivity contribution >= 4 is 23.1 Å². The molecule has 0 unspecified atom stereocenters. The van der Waals surface area contributed by atoms with E-state index in [-0.39, 0.29) is 16.8 Å². The Morgan fingerprint density at radius 1 is 1.42 bits per heavy atom. The van der Waals surface area contributed by atoms with E-state index in [2.05, 4.69) is 9.97 Å². The summed E-state index contributed by atoms with van der Waals surface area (Å²) >= 11 is 5.57. The van der Waals surface area contributed by atoms with E-state index in [9.17, 15) is 23.3 Å². The normalized spacial score (nSPS) is 11.5. The van der Waals surface area contributed by atoms with E-state index < -0.39 is 29.8 Å². The van der Waals surface area contributed by atoms with Gasteiger partial charge in [-0.2, -0.15) is 18.2 Å². The Bertz CT molecular complexity index is 495. The second-order valence-corrected chi connectivity index (χ2v) is 4.13. The van der Waals surface area contributed by atoms with Crippen LogP contribution in [-0.2, 0) is 0 Å². The van der Waals surface area contributed by atoms with Gasteiger partial charge in [0.05, 0.1) is 11.3 Å². The Morgan fingerprint density at radius 2 is 2.00 bits per heavy atom. The number of hydrogen-bond acceptors (Lipinski definition) is 5. The standard InChI is InChI=1S/C9H10ClF3N4O2/c1-5-6(17(18)19)7(15-8(10)14-5)16(2)4-3-9(11,12)13/h3-4H2,1-2H3. The maximum atomic E-state index is 12.1. The van der Waals surface area contributed by atoms with Gasteiger partial charge in [-0.25, -0.2) is 4.98 Å². The third-order valence-electron chi connectivity index (χ3n) is 2.29. The van der Waals surface area contributed by atoms with Gasteiger partial charge in [-0.15, -0.1) is 0 Å². The number of alkyl halides is 3. The van der Waals surface area contributed by atoms with E-state index in [1.165, 1.54) is 14.0 Å². The third-order valence-corrected chi connectivity index (χ3v) is 2.46. The summed E-state index contributed by atoms with van der Waals surface area (Å²) in [6.45, 7) is 0.879. The maximum Gasteiger partial charge on any atom is 0.390 e. The smallest absolute Gasteiger partial charge is 0.353 e. The van der Waals surface area contributed by atoms with Crippen LogP contribution in [0, 0.1) is 17.0 Å². The zero-order valence-electron chi connectivity index (χ0n) is 10.0. The predicted octanol–water partition coefficient (Wildman–Crippen LogP) is 2.74. The molecular formula is C9H10ClF3N4O2. The van der Waals surface area contributed by atoms with Gasteiger partial charge < -0.3 is 4.90 Å². The number of rotatable bonds is 4. The van der Waals surface area contributed by atoms with Crippen LogP contribution in [0.4, 0.5) is 24.7 Å². The first-order chi connectivity index (χ1) is 8.61. The van der Waals surface area contributed by atoms with Gasteiger partial charge in [0.1, 0.15) is 5.69 Å². The Morgan fingerprint density at radius 3 is 2.47 bits per heavy atom. The molecule has 0 saturated carbocycles. The van der Waals surface area contributed by atoms with Gasteiger partial charge in [-0.3, -0.25) is 10.1 Å².